The number of aliphatic hydroxyl groups excluding tert-OH is 1. The van der Waals surface area contributed by atoms with Crippen molar-refractivity contribution in [3.63, 3.8) is 0 Å². The molecule has 2 atom stereocenters. The van der Waals surface area contributed by atoms with Crippen molar-refractivity contribution >= 4 is 0 Å². The molecule has 0 bridgehead atoms. The van der Waals surface area contributed by atoms with E-state index in [4.69, 9.17) is 0 Å². The van der Waals surface area contributed by atoms with Crippen molar-refractivity contribution in [1.29, 1.82) is 0 Å². The molecule has 1 N–H and O–H groups in total. The van der Waals surface area contributed by atoms with E-state index in [1.165, 1.54) is 45.3 Å². The van der Waals surface area contributed by atoms with Crippen LogP contribution in [0.15, 0.2) is 0 Å². The van der Waals surface area contributed by atoms with Gasteiger partial charge in [-0.25, -0.2) is 0 Å². The number of aliphatic hydroxyl groups is 1. The maximum Gasteiger partial charge on any atom is 0.0631 e. The van der Waals surface area contributed by atoms with Gasteiger partial charge in [0.15, 0.2) is 0 Å². The molecule has 3 nitrogen and oxygen atoms in total. The molecule has 0 aromatic carbocycles. The first-order valence-corrected chi connectivity index (χ1v) is 7.93. The van der Waals surface area contributed by atoms with Crippen LogP contribution < -0.4 is 0 Å². The summed E-state index contributed by atoms with van der Waals surface area (Å²) in [7, 11) is 4.34. The van der Waals surface area contributed by atoms with Gasteiger partial charge in [-0.15, -0.1) is 0 Å². The van der Waals surface area contributed by atoms with Crippen molar-refractivity contribution in [2.24, 2.45) is 17.3 Å². The lowest BCUT2D eigenvalue weighted by molar-refractivity contribution is 0.0271. The van der Waals surface area contributed by atoms with Crippen molar-refractivity contribution in [2.45, 2.75) is 45.6 Å². The summed E-state index contributed by atoms with van der Waals surface area (Å²) < 4.78 is 0. The number of likely N-dealkylation sites (tertiary alicyclic amines) is 1. The Morgan fingerprint density at radius 3 is 2.26 bits per heavy atom. The molecule has 0 amide bonds. The average Bonchev–Trinajstić information content (AvgIpc) is 2.58. The number of rotatable bonds is 4. The van der Waals surface area contributed by atoms with Crippen molar-refractivity contribution in [1.82, 2.24) is 9.80 Å². The van der Waals surface area contributed by atoms with Gasteiger partial charge in [0, 0.05) is 13.1 Å². The van der Waals surface area contributed by atoms with Gasteiger partial charge >= 0.3 is 0 Å². The molecule has 2 fully saturated rings. The highest BCUT2D eigenvalue weighted by Gasteiger charge is 2.41. The molecule has 1 aliphatic carbocycles. The summed E-state index contributed by atoms with van der Waals surface area (Å²) in [5, 5.41) is 10.4. The SMILES string of the molecule is CN(C)CC1CCN(CC2CCC(C)(C)C2O)CC1. The van der Waals surface area contributed by atoms with Gasteiger partial charge in [0.05, 0.1) is 6.10 Å². The van der Waals surface area contributed by atoms with Gasteiger partial charge < -0.3 is 14.9 Å². The van der Waals surface area contributed by atoms with Gasteiger partial charge in [-0.05, 0) is 70.1 Å². The molecule has 0 aromatic rings. The lowest BCUT2D eigenvalue weighted by Crippen LogP contribution is -2.42. The van der Waals surface area contributed by atoms with Crippen LogP contribution in [0, 0.1) is 17.3 Å². The Kier molecular flexibility index (Phi) is 4.91. The first-order valence-electron chi connectivity index (χ1n) is 7.93. The smallest absolute Gasteiger partial charge is 0.0631 e. The van der Waals surface area contributed by atoms with Gasteiger partial charge in [0.2, 0.25) is 0 Å². The summed E-state index contributed by atoms with van der Waals surface area (Å²) in [5.74, 6) is 1.37. The Morgan fingerprint density at radius 1 is 1.16 bits per heavy atom. The normalized spacial score (nSPS) is 33.2. The molecule has 1 heterocycles. The zero-order valence-corrected chi connectivity index (χ0v) is 13.2. The molecule has 2 unspecified atom stereocenters. The van der Waals surface area contributed by atoms with E-state index in [1.54, 1.807) is 0 Å². The van der Waals surface area contributed by atoms with Crippen LogP contribution in [0.1, 0.15) is 39.5 Å². The summed E-state index contributed by atoms with van der Waals surface area (Å²) in [6.07, 6.45) is 4.92. The Morgan fingerprint density at radius 2 is 1.79 bits per heavy atom. The van der Waals surface area contributed by atoms with E-state index in [0.717, 1.165) is 12.5 Å². The molecule has 0 spiro atoms. The highest BCUT2D eigenvalue weighted by molar-refractivity contribution is 4.92. The Bertz CT molecular complexity index is 282. The fourth-order valence-corrected chi connectivity index (χ4v) is 3.89. The van der Waals surface area contributed by atoms with Gasteiger partial charge in [0.1, 0.15) is 0 Å². The van der Waals surface area contributed by atoms with Gasteiger partial charge in [-0.1, -0.05) is 13.8 Å². The third kappa shape index (κ3) is 3.93. The van der Waals surface area contributed by atoms with Crippen molar-refractivity contribution in [3.05, 3.63) is 0 Å². The van der Waals surface area contributed by atoms with Crippen molar-refractivity contribution < 1.29 is 5.11 Å². The second-order valence-corrected chi connectivity index (χ2v) is 7.74. The topological polar surface area (TPSA) is 26.7 Å². The monoisotopic (exact) mass is 268 g/mol. The first kappa shape index (κ1) is 15.3. The summed E-state index contributed by atoms with van der Waals surface area (Å²) in [4.78, 5) is 4.89. The maximum atomic E-state index is 10.4. The molecule has 3 heteroatoms. The molecule has 1 saturated carbocycles. The average molecular weight is 268 g/mol. The summed E-state index contributed by atoms with van der Waals surface area (Å²) in [6.45, 7) is 9.21. The lowest BCUT2D eigenvalue weighted by atomic mass is 9.87. The van der Waals surface area contributed by atoms with E-state index in [1.807, 2.05) is 0 Å². The van der Waals surface area contributed by atoms with Gasteiger partial charge in [-0.3, -0.25) is 0 Å². The summed E-state index contributed by atoms with van der Waals surface area (Å²) in [6, 6.07) is 0. The van der Waals surface area contributed by atoms with Crippen LogP contribution in [-0.2, 0) is 0 Å². The number of hydrogen-bond acceptors (Lipinski definition) is 3. The van der Waals surface area contributed by atoms with E-state index in [0.29, 0.717) is 5.92 Å². The fourth-order valence-electron chi connectivity index (χ4n) is 3.89. The van der Waals surface area contributed by atoms with E-state index in [9.17, 15) is 5.11 Å². The van der Waals surface area contributed by atoms with Crippen molar-refractivity contribution in [2.75, 3.05) is 40.3 Å². The van der Waals surface area contributed by atoms with Crippen LogP contribution in [-0.4, -0.2) is 61.3 Å². The molecule has 0 aromatic heterocycles. The van der Waals surface area contributed by atoms with E-state index >= 15 is 0 Å². The molecular formula is C16H32N2O. The largest absolute Gasteiger partial charge is 0.392 e. The molecule has 2 rings (SSSR count). The van der Waals surface area contributed by atoms with E-state index in [-0.39, 0.29) is 11.5 Å². The van der Waals surface area contributed by atoms with Crippen LogP contribution in [0.4, 0.5) is 0 Å². The second kappa shape index (κ2) is 6.11. The van der Waals surface area contributed by atoms with Gasteiger partial charge in [-0.2, -0.15) is 0 Å². The van der Waals surface area contributed by atoms with Gasteiger partial charge in [0.25, 0.3) is 0 Å². The van der Waals surface area contributed by atoms with Crippen LogP contribution in [0.5, 0.6) is 0 Å². The third-order valence-electron chi connectivity index (χ3n) is 5.23. The quantitative estimate of drug-likeness (QED) is 0.845. The Labute approximate surface area is 119 Å². The standard InChI is InChI=1S/C16H32N2O/c1-16(2)8-5-14(15(16)19)12-18-9-6-13(7-10-18)11-17(3)4/h13-15,19H,5-12H2,1-4H3. The molecule has 19 heavy (non-hydrogen) atoms. The molecule has 1 saturated heterocycles. The molecule has 112 valence electrons. The molecule has 2 aliphatic rings. The van der Waals surface area contributed by atoms with Crippen LogP contribution in [0.2, 0.25) is 0 Å². The third-order valence-corrected chi connectivity index (χ3v) is 5.23. The molecular weight excluding hydrogens is 236 g/mol. The minimum Gasteiger partial charge on any atom is -0.392 e. The van der Waals surface area contributed by atoms with E-state index < -0.39 is 0 Å². The fraction of sp³-hybridized carbons (Fsp3) is 1.00. The van der Waals surface area contributed by atoms with Crippen LogP contribution in [0.3, 0.4) is 0 Å². The Hall–Kier alpha value is -0.120. The highest BCUT2D eigenvalue weighted by atomic mass is 16.3. The van der Waals surface area contributed by atoms with Crippen LogP contribution >= 0.6 is 0 Å². The lowest BCUT2D eigenvalue weighted by Gasteiger charge is -2.36. The summed E-state index contributed by atoms with van der Waals surface area (Å²) in [5.41, 5.74) is 0.133. The number of hydrogen-bond donors (Lipinski definition) is 1. The minimum absolute atomic E-state index is 0.105. The van der Waals surface area contributed by atoms with E-state index in [2.05, 4.69) is 37.7 Å². The Balaban J connectivity index is 1.74. The first-order chi connectivity index (χ1) is 8.88. The summed E-state index contributed by atoms with van der Waals surface area (Å²) >= 11 is 0. The molecule has 1 aliphatic heterocycles. The predicted molar refractivity (Wildman–Crippen MR) is 80.2 cm³/mol. The zero-order chi connectivity index (χ0) is 14.0. The minimum atomic E-state index is -0.105. The van der Waals surface area contributed by atoms with Crippen LogP contribution in [0.25, 0.3) is 0 Å². The second-order valence-electron chi connectivity index (χ2n) is 7.74. The number of piperidine rings is 1. The maximum absolute atomic E-state index is 10.4. The van der Waals surface area contributed by atoms with Crippen molar-refractivity contribution in [3.8, 4) is 0 Å². The molecule has 0 radical (unpaired) electrons. The number of nitrogens with zero attached hydrogens (tertiary/aromatic N) is 2. The zero-order valence-electron chi connectivity index (χ0n) is 13.2. The predicted octanol–water partition coefficient (Wildman–Crippen LogP) is 2.06. The highest BCUT2D eigenvalue weighted by Crippen LogP contribution is 2.41.